The molecule has 0 radical (unpaired) electrons. The van der Waals surface area contributed by atoms with Crippen LogP contribution in [0.2, 0.25) is 0 Å². The summed E-state index contributed by atoms with van der Waals surface area (Å²) in [5.41, 5.74) is 1.37. The Kier molecular flexibility index (Phi) is 3.56. The van der Waals surface area contributed by atoms with Crippen LogP contribution in [-0.4, -0.2) is 34.1 Å². The second-order valence-electron chi connectivity index (χ2n) is 6.40. The number of aromatic carboxylic acids is 1. The van der Waals surface area contributed by atoms with Crippen LogP contribution in [0.15, 0.2) is 42.7 Å². The van der Waals surface area contributed by atoms with Gasteiger partial charge < -0.3 is 10.0 Å². The van der Waals surface area contributed by atoms with Crippen molar-refractivity contribution in [2.24, 2.45) is 5.41 Å². The summed E-state index contributed by atoms with van der Waals surface area (Å²) in [4.78, 5) is 21.4. The Bertz CT molecular complexity index is 685. The smallest absolute Gasteiger partial charge is 0.356 e. The fraction of sp³-hybridized carbons (Fsp3) is 0.353. The SMILES string of the molecule is CC1(C)CN(c2cncc(C(=O)O)n2)CC1c1ccccc1. The summed E-state index contributed by atoms with van der Waals surface area (Å²) in [6.07, 6.45) is 2.91. The lowest BCUT2D eigenvalue weighted by Gasteiger charge is -2.25. The molecule has 5 heteroatoms. The Morgan fingerprint density at radius 3 is 2.68 bits per heavy atom. The summed E-state index contributed by atoms with van der Waals surface area (Å²) in [5.74, 6) is -0.0391. The molecule has 0 amide bonds. The van der Waals surface area contributed by atoms with Crippen molar-refractivity contribution in [3.8, 4) is 0 Å². The molecule has 1 aromatic heterocycles. The van der Waals surface area contributed by atoms with Gasteiger partial charge >= 0.3 is 5.97 Å². The average molecular weight is 297 g/mol. The van der Waals surface area contributed by atoms with Gasteiger partial charge in [-0.25, -0.2) is 9.78 Å². The van der Waals surface area contributed by atoms with E-state index in [4.69, 9.17) is 5.11 Å². The highest BCUT2D eigenvalue weighted by Crippen LogP contribution is 2.43. The van der Waals surface area contributed by atoms with Crippen LogP contribution in [0.25, 0.3) is 0 Å². The lowest BCUT2D eigenvalue weighted by Crippen LogP contribution is -2.24. The maximum absolute atomic E-state index is 11.1. The van der Waals surface area contributed by atoms with Crippen LogP contribution in [0.4, 0.5) is 5.82 Å². The molecule has 1 aliphatic heterocycles. The van der Waals surface area contributed by atoms with Crippen LogP contribution in [0.1, 0.15) is 35.8 Å². The fourth-order valence-electron chi connectivity index (χ4n) is 3.16. The maximum Gasteiger partial charge on any atom is 0.356 e. The van der Waals surface area contributed by atoms with Crippen molar-refractivity contribution in [1.82, 2.24) is 9.97 Å². The molecule has 114 valence electrons. The quantitative estimate of drug-likeness (QED) is 0.943. The summed E-state index contributed by atoms with van der Waals surface area (Å²) in [5, 5.41) is 9.06. The van der Waals surface area contributed by atoms with E-state index >= 15 is 0 Å². The maximum atomic E-state index is 11.1. The molecule has 1 aromatic carbocycles. The lowest BCUT2D eigenvalue weighted by atomic mass is 9.78. The number of rotatable bonds is 3. The third-order valence-corrected chi connectivity index (χ3v) is 4.31. The molecule has 1 atom stereocenters. The fourth-order valence-corrected chi connectivity index (χ4v) is 3.16. The topological polar surface area (TPSA) is 66.3 Å². The van der Waals surface area contributed by atoms with Gasteiger partial charge in [0.15, 0.2) is 5.69 Å². The highest BCUT2D eigenvalue weighted by atomic mass is 16.4. The van der Waals surface area contributed by atoms with Crippen LogP contribution in [0, 0.1) is 5.41 Å². The molecular formula is C17H19N3O2. The average Bonchev–Trinajstić information content (AvgIpc) is 2.84. The van der Waals surface area contributed by atoms with Gasteiger partial charge in [0, 0.05) is 19.0 Å². The minimum Gasteiger partial charge on any atom is -0.476 e. The number of carbonyl (C=O) groups is 1. The summed E-state index contributed by atoms with van der Waals surface area (Å²) in [6, 6.07) is 10.4. The number of benzene rings is 1. The molecule has 1 aliphatic rings. The van der Waals surface area contributed by atoms with Crippen molar-refractivity contribution >= 4 is 11.8 Å². The molecule has 2 aromatic rings. The van der Waals surface area contributed by atoms with E-state index in [2.05, 4.69) is 53.0 Å². The van der Waals surface area contributed by atoms with Crippen LogP contribution >= 0.6 is 0 Å². The number of anilines is 1. The predicted molar refractivity (Wildman–Crippen MR) is 84.2 cm³/mol. The first-order valence-corrected chi connectivity index (χ1v) is 7.32. The van der Waals surface area contributed by atoms with Crippen LogP contribution < -0.4 is 4.90 Å². The van der Waals surface area contributed by atoms with E-state index in [-0.39, 0.29) is 11.1 Å². The van der Waals surface area contributed by atoms with Gasteiger partial charge in [0.1, 0.15) is 5.82 Å². The second kappa shape index (κ2) is 5.40. The molecule has 1 unspecified atom stereocenters. The van der Waals surface area contributed by atoms with Gasteiger partial charge in [-0.15, -0.1) is 0 Å². The minimum absolute atomic E-state index is 0.0153. The molecule has 0 aliphatic carbocycles. The number of carboxylic acid groups (broad SMARTS) is 1. The van der Waals surface area contributed by atoms with Gasteiger partial charge in [0.05, 0.1) is 12.4 Å². The first-order valence-electron chi connectivity index (χ1n) is 7.32. The van der Waals surface area contributed by atoms with E-state index in [0.717, 1.165) is 13.1 Å². The zero-order valence-electron chi connectivity index (χ0n) is 12.7. The van der Waals surface area contributed by atoms with Crippen molar-refractivity contribution in [2.45, 2.75) is 19.8 Å². The molecule has 0 spiro atoms. The molecule has 1 N–H and O–H groups in total. The Hall–Kier alpha value is -2.43. The summed E-state index contributed by atoms with van der Waals surface area (Å²) < 4.78 is 0. The van der Waals surface area contributed by atoms with Crippen LogP contribution in [-0.2, 0) is 0 Å². The molecule has 5 nitrogen and oxygen atoms in total. The van der Waals surface area contributed by atoms with Crippen molar-refractivity contribution in [1.29, 1.82) is 0 Å². The van der Waals surface area contributed by atoms with Crippen molar-refractivity contribution in [2.75, 3.05) is 18.0 Å². The highest BCUT2D eigenvalue weighted by Gasteiger charge is 2.40. The monoisotopic (exact) mass is 297 g/mol. The van der Waals surface area contributed by atoms with Gasteiger partial charge in [0.25, 0.3) is 0 Å². The van der Waals surface area contributed by atoms with E-state index in [0.29, 0.717) is 11.7 Å². The largest absolute Gasteiger partial charge is 0.476 e. The summed E-state index contributed by atoms with van der Waals surface area (Å²) >= 11 is 0. The Morgan fingerprint density at radius 1 is 1.27 bits per heavy atom. The molecule has 0 saturated carbocycles. The molecule has 1 saturated heterocycles. The van der Waals surface area contributed by atoms with Gasteiger partial charge in [-0.3, -0.25) is 4.98 Å². The van der Waals surface area contributed by atoms with Gasteiger partial charge in [-0.1, -0.05) is 44.2 Å². The van der Waals surface area contributed by atoms with E-state index < -0.39 is 5.97 Å². The minimum atomic E-state index is -1.05. The Balaban J connectivity index is 1.89. The lowest BCUT2D eigenvalue weighted by molar-refractivity contribution is 0.0690. The number of aromatic nitrogens is 2. The van der Waals surface area contributed by atoms with Gasteiger partial charge in [0.2, 0.25) is 0 Å². The number of hydrogen-bond donors (Lipinski definition) is 1. The third kappa shape index (κ3) is 2.66. The zero-order chi connectivity index (χ0) is 15.7. The van der Waals surface area contributed by atoms with E-state index in [1.807, 2.05) is 6.07 Å². The Morgan fingerprint density at radius 2 is 2.00 bits per heavy atom. The van der Waals surface area contributed by atoms with Crippen molar-refractivity contribution < 1.29 is 9.90 Å². The zero-order valence-corrected chi connectivity index (χ0v) is 12.7. The van der Waals surface area contributed by atoms with Crippen LogP contribution in [0.3, 0.4) is 0 Å². The van der Waals surface area contributed by atoms with Gasteiger partial charge in [-0.05, 0) is 11.0 Å². The van der Waals surface area contributed by atoms with Gasteiger partial charge in [-0.2, -0.15) is 0 Å². The van der Waals surface area contributed by atoms with E-state index in [9.17, 15) is 4.79 Å². The molecule has 22 heavy (non-hydrogen) atoms. The summed E-state index contributed by atoms with van der Waals surface area (Å²) in [7, 11) is 0. The molecule has 0 bridgehead atoms. The molecule has 3 rings (SSSR count). The van der Waals surface area contributed by atoms with Crippen LogP contribution in [0.5, 0.6) is 0 Å². The molecule has 1 fully saturated rings. The number of hydrogen-bond acceptors (Lipinski definition) is 4. The normalized spacial score (nSPS) is 20.1. The Labute approximate surface area is 129 Å². The third-order valence-electron chi connectivity index (χ3n) is 4.31. The van der Waals surface area contributed by atoms with E-state index in [1.165, 1.54) is 11.8 Å². The number of nitrogens with zero attached hydrogens (tertiary/aromatic N) is 3. The molecular weight excluding hydrogens is 278 g/mol. The summed E-state index contributed by atoms with van der Waals surface area (Å²) in [6.45, 7) is 6.11. The second-order valence-corrected chi connectivity index (χ2v) is 6.40. The standard InChI is InChI=1S/C17H19N3O2/c1-17(2)11-20(10-13(17)12-6-4-3-5-7-12)15-9-18-8-14(19-15)16(21)22/h3-9,13H,10-11H2,1-2H3,(H,21,22). The van der Waals surface area contributed by atoms with Crippen molar-refractivity contribution in [3.05, 3.63) is 54.0 Å². The van der Waals surface area contributed by atoms with E-state index in [1.54, 1.807) is 6.20 Å². The number of carboxylic acids is 1. The predicted octanol–water partition coefficient (Wildman–Crippen LogP) is 2.80. The van der Waals surface area contributed by atoms with Crippen molar-refractivity contribution in [3.63, 3.8) is 0 Å². The first kappa shape index (κ1) is 14.5. The molecule has 2 heterocycles. The highest BCUT2D eigenvalue weighted by molar-refractivity contribution is 5.85. The first-order chi connectivity index (χ1) is 10.5.